The average Bonchev–Trinajstić information content (AvgIpc) is 3.45. The summed E-state index contributed by atoms with van der Waals surface area (Å²) in [5, 5.41) is 9.02. The van der Waals surface area contributed by atoms with Gasteiger partial charge in [-0.05, 0) is 55.7 Å². The Kier molecular flexibility index (Phi) is 5.34. The molecule has 164 valence electrons. The van der Waals surface area contributed by atoms with Crippen molar-refractivity contribution >= 4 is 5.95 Å². The van der Waals surface area contributed by atoms with Crippen molar-refractivity contribution in [2.45, 2.75) is 26.3 Å². The van der Waals surface area contributed by atoms with Gasteiger partial charge in [0.25, 0.3) is 0 Å². The van der Waals surface area contributed by atoms with Gasteiger partial charge in [0.15, 0.2) is 5.82 Å². The summed E-state index contributed by atoms with van der Waals surface area (Å²) in [5.74, 6) is 2.25. The summed E-state index contributed by atoms with van der Waals surface area (Å²) in [6.45, 7) is 4.57. The van der Waals surface area contributed by atoms with Crippen LogP contribution < -0.4 is 9.64 Å². The predicted octanol–water partition coefficient (Wildman–Crippen LogP) is 4.04. The van der Waals surface area contributed by atoms with E-state index < -0.39 is 0 Å². The average molecular weight is 433 g/mol. The van der Waals surface area contributed by atoms with Crippen molar-refractivity contribution in [3.8, 4) is 22.8 Å². The molecule has 0 unspecified atom stereocenters. The van der Waals surface area contributed by atoms with E-state index in [2.05, 4.69) is 24.6 Å². The van der Waals surface area contributed by atoms with Crippen molar-refractivity contribution in [1.29, 1.82) is 0 Å². The maximum Gasteiger partial charge on any atom is 0.227 e. The van der Waals surface area contributed by atoms with Crippen molar-refractivity contribution in [3.63, 3.8) is 0 Å². The Morgan fingerprint density at radius 3 is 2.66 bits per heavy atom. The van der Waals surface area contributed by atoms with Gasteiger partial charge in [0, 0.05) is 31.4 Å². The molecule has 4 aromatic rings. The van der Waals surface area contributed by atoms with Gasteiger partial charge in [-0.2, -0.15) is 0 Å². The third-order valence-electron chi connectivity index (χ3n) is 5.84. The molecule has 0 amide bonds. The summed E-state index contributed by atoms with van der Waals surface area (Å²) in [6, 6.07) is 12.8. The number of ether oxygens (including phenoxy) is 1. The third kappa shape index (κ3) is 3.84. The van der Waals surface area contributed by atoms with Gasteiger partial charge in [-0.1, -0.05) is 12.1 Å². The van der Waals surface area contributed by atoms with E-state index in [1.807, 2.05) is 48.0 Å². The fourth-order valence-corrected chi connectivity index (χ4v) is 4.18. The Balaban J connectivity index is 1.40. The molecule has 1 aliphatic heterocycles. The Labute approximate surface area is 186 Å². The van der Waals surface area contributed by atoms with Gasteiger partial charge >= 0.3 is 0 Å². The lowest BCUT2D eigenvalue weighted by Crippen LogP contribution is -2.34. The topological polar surface area (TPSA) is 61.0 Å². The number of fused-ring (bicyclic) bond motifs is 1. The smallest absolute Gasteiger partial charge is 0.227 e. The Morgan fingerprint density at radius 1 is 1.06 bits per heavy atom. The van der Waals surface area contributed by atoms with Gasteiger partial charge in [-0.25, -0.2) is 9.37 Å². The summed E-state index contributed by atoms with van der Waals surface area (Å²) in [5.41, 5.74) is 3.94. The quantitative estimate of drug-likeness (QED) is 0.460. The molecule has 32 heavy (non-hydrogen) atoms. The lowest BCUT2D eigenvalue weighted by Gasteiger charge is -2.29. The van der Waals surface area contributed by atoms with Crippen molar-refractivity contribution in [3.05, 3.63) is 72.1 Å². The van der Waals surface area contributed by atoms with Crippen LogP contribution in [0, 0.1) is 12.7 Å². The largest absolute Gasteiger partial charge is 0.495 e. The number of halogens is 1. The molecule has 0 saturated heterocycles. The highest BCUT2D eigenvalue weighted by atomic mass is 19.1. The molecule has 2 aromatic carbocycles. The minimum Gasteiger partial charge on any atom is -0.495 e. The van der Waals surface area contributed by atoms with Gasteiger partial charge in [0.05, 0.1) is 24.8 Å². The maximum absolute atomic E-state index is 13.2. The first-order valence-corrected chi connectivity index (χ1v) is 10.7. The molecule has 8 heteroatoms. The van der Waals surface area contributed by atoms with E-state index in [0.717, 1.165) is 72.5 Å². The summed E-state index contributed by atoms with van der Waals surface area (Å²) in [6.07, 6.45) is 5.60. The predicted molar refractivity (Wildman–Crippen MR) is 121 cm³/mol. The molecule has 2 aromatic heterocycles. The fraction of sp³-hybridized carbons (Fsp3) is 0.292. The van der Waals surface area contributed by atoms with E-state index in [1.54, 1.807) is 13.4 Å². The van der Waals surface area contributed by atoms with Crippen LogP contribution in [-0.2, 0) is 13.0 Å². The van der Waals surface area contributed by atoms with Crippen LogP contribution in [0.3, 0.4) is 0 Å². The number of aryl methyl sites for hydroxylation is 1. The van der Waals surface area contributed by atoms with E-state index in [1.165, 1.54) is 12.1 Å². The minimum absolute atomic E-state index is 0.208. The number of methoxy groups -OCH3 is 1. The molecule has 0 spiro atoms. The summed E-state index contributed by atoms with van der Waals surface area (Å²) in [7, 11) is 1.67. The molecule has 7 nitrogen and oxygen atoms in total. The molecule has 0 atom stereocenters. The van der Waals surface area contributed by atoms with Crippen LogP contribution in [0.5, 0.6) is 5.75 Å². The van der Waals surface area contributed by atoms with Crippen LogP contribution in [-0.4, -0.2) is 44.5 Å². The summed E-state index contributed by atoms with van der Waals surface area (Å²) < 4.78 is 23.0. The van der Waals surface area contributed by atoms with Crippen LogP contribution in [0.4, 0.5) is 10.3 Å². The van der Waals surface area contributed by atoms with Gasteiger partial charge in [-0.15, -0.1) is 10.2 Å². The second-order valence-electron chi connectivity index (χ2n) is 8.00. The lowest BCUT2D eigenvalue weighted by molar-refractivity contribution is 0.413. The zero-order valence-electron chi connectivity index (χ0n) is 18.2. The first-order chi connectivity index (χ1) is 15.6. The van der Waals surface area contributed by atoms with Crippen LogP contribution in [0.2, 0.25) is 0 Å². The Morgan fingerprint density at radius 2 is 1.91 bits per heavy atom. The standard InChI is InChI=1S/C24H25FN6O/c1-17-15-30(16-26-17)21-9-6-19(14-22(21)32-2)23-27-28-24-29(11-3-12-31(23)24)13-10-18-4-7-20(25)8-5-18/h4-9,14-16H,3,10-13H2,1-2H3. The number of hydrogen-bond acceptors (Lipinski definition) is 5. The van der Waals surface area contributed by atoms with E-state index in [0.29, 0.717) is 0 Å². The highest BCUT2D eigenvalue weighted by molar-refractivity contribution is 5.64. The number of hydrogen-bond donors (Lipinski definition) is 0. The van der Waals surface area contributed by atoms with E-state index >= 15 is 0 Å². The van der Waals surface area contributed by atoms with E-state index in [9.17, 15) is 4.39 Å². The number of aromatic nitrogens is 5. The molecule has 0 fully saturated rings. The molecule has 0 bridgehead atoms. The number of nitrogens with zero attached hydrogens (tertiary/aromatic N) is 6. The number of anilines is 1. The van der Waals surface area contributed by atoms with Gasteiger partial charge in [0.2, 0.25) is 5.95 Å². The molecule has 1 aliphatic rings. The van der Waals surface area contributed by atoms with Crippen LogP contribution in [0.1, 0.15) is 17.7 Å². The molecule has 0 N–H and O–H groups in total. The third-order valence-corrected chi connectivity index (χ3v) is 5.84. The zero-order valence-corrected chi connectivity index (χ0v) is 18.2. The number of rotatable bonds is 6. The second-order valence-corrected chi connectivity index (χ2v) is 8.00. The highest BCUT2D eigenvalue weighted by Crippen LogP contribution is 2.32. The van der Waals surface area contributed by atoms with Gasteiger partial charge < -0.3 is 14.2 Å². The minimum atomic E-state index is -0.208. The second kappa shape index (κ2) is 8.45. The first kappa shape index (κ1) is 20.2. The Bertz CT molecular complexity index is 1230. The summed E-state index contributed by atoms with van der Waals surface area (Å²) in [4.78, 5) is 6.56. The number of imidazole rings is 1. The van der Waals surface area contributed by atoms with Crippen LogP contribution in [0.15, 0.2) is 55.0 Å². The number of benzene rings is 2. The molecule has 0 radical (unpaired) electrons. The zero-order chi connectivity index (χ0) is 22.1. The fourth-order valence-electron chi connectivity index (χ4n) is 4.18. The summed E-state index contributed by atoms with van der Waals surface area (Å²) >= 11 is 0. The van der Waals surface area contributed by atoms with E-state index in [-0.39, 0.29) is 5.82 Å². The monoisotopic (exact) mass is 432 g/mol. The van der Waals surface area contributed by atoms with Crippen molar-refractivity contribution in [1.82, 2.24) is 24.3 Å². The van der Waals surface area contributed by atoms with Crippen molar-refractivity contribution in [2.75, 3.05) is 25.1 Å². The van der Waals surface area contributed by atoms with Crippen LogP contribution >= 0.6 is 0 Å². The molecule has 3 heterocycles. The van der Waals surface area contributed by atoms with Crippen LogP contribution in [0.25, 0.3) is 17.1 Å². The highest BCUT2D eigenvalue weighted by Gasteiger charge is 2.23. The molecule has 0 aliphatic carbocycles. The molecule has 0 saturated carbocycles. The molecular weight excluding hydrogens is 407 g/mol. The SMILES string of the molecule is COc1cc(-c2nnc3n2CCCN3CCc2ccc(F)cc2)ccc1-n1cnc(C)c1. The molecule has 5 rings (SSSR count). The lowest BCUT2D eigenvalue weighted by atomic mass is 10.1. The first-order valence-electron chi connectivity index (χ1n) is 10.7. The maximum atomic E-state index is 13.2. The van der Waals surface area contributed by atoms with Crippen molar-refractivity contribution in [2.24, 2.45) is 0 Å². The molecular formula is C24H25FN6O. The van der Waals surface area contributed by atoms with Gasteiger partial charge in [-0.3, -0.25) is 4.57 Å². The Hall–Kier alpha value is -3.68. The normalized spacial score (nSPS) is 13.3. The van der Waals surface area contributed by atoms with Gasteiger partial charge in [0.1, 0.15) is 11.6 Å². The van der Waals surface area contributed by atoms with Crippen molar-refractivity contribution < 1.29 is 9.13 Å². The van der Waals surface area contributed by atoms with E-state index in [4.69, 9.17) is 4.74 Å².